The molecule has 0 bridgehead atoms. The summed E-state index contributed by atoms with van der Waals surface area (Å²) in [6.07, 6.45) is 85.5. The molecule has 0 aliphatic carbocycles. The largest absolute Gasteiger partial charge is 0.462 e. The summed E-state index contributed by atoms with van der Waals surface area (Å²) in [5.74, 6) is -0.615. The maximum Gasteiger partial charge on any atom is 0.306 e. The number of allylic oxidation sites excluding steroid dienone is 22. The van der Waals surface area contributed by atoms with Crippen molar-refractivity contribution in [3.8, 4) is 0 Å². The van der Waals surface area contributed by atoms with Crippen LogP contribution < -0.4 is 0 Å². The molecule has 68 heavy (non-hydrogen) atoms. The van der Waals surface area contributed by atoms with Gasteiger partial charge in [-0.1, -0.05) is 244 Å². The van der Waals surface area contributed by atoms with Crippen molar-refractivity contribution in [1.82, 2.24) is 0 Å². The number of carbonyl (C=O) groups excluding carboxylic acids is 2. The number of unbranched alkanes of at least 4 members (excludes halogenated alkanes) is 19. The average molecular weight is 940 g/mol. The van der Waals surface area contributed by atoms with Gasteiger partial charge in [0.15, 0.2) is 6.10 Å². The van der Waals surface area contributed by atoms with Crippen LogP contribution in [-0.4, -0.2) is 36.4 Å². The third kappa shape index (κ3) is 54.6. The molecule has 0 amide bonds. The van der Waals surface area contributed by atoms with Crippen LogP contribution in [0.4, 0.5) is 0 Å². The second-order valence-corrected chi connectivity index (χ2v) is 17.9. The molecule has 0 heterocycles. The fourth-order valence-electron chi connectivity index (χ4n) is 7.35. The van der Waals surface area contributed by atoms with E-state index in [0.717, 1.165) is 116 Å². The van der Waals surface area contributed by atoms with Gasteiger partial charge in [-0.05, 0) is 109 Å². The summed E-state index contributed by atoms with van der Waals surface area (Å²) < 4.78 is 10.7. The number of hydrogen-bond donors (Lipinski definition) is 1. The number of aliphatic hydroxyl groups excluding tert-OH is 1. The van der Waals surface area contributed by atoms with Crippen molar-refractivity contribution in [2.75, 3.05) is 13.2 Å². The van der Waals surface area contributed by atoms with E-state index in [4.69, 9.17) is 9.47 Å². The van der Waals surface area contributed by atoms with Gasteiger partial charge in [-0.3, -0.25) is 9.59 Å². The zero-order valence-electron chi connectivity index (χ0n) is 43.8. The van der Waals surface area contributed by atoms with Crippen LogP contribution in [0.25, 0.3) is 0 Å². The standard InChI is InChI=1S/C63H102O5/c1-3-5-7-9-11-13-15-17-19-21-23-25-27-29-30-31-32-34-35-37-39-41-43-45-47-49-51-53-55-57-62(65)67-60-61(59-64)68-63(66)58-56-54-52-50-48-46-44-42-40-38-36-33-28-26-24-22-20-18-16-14-12-10-8-6-4-2/h5-8,11-14,17-20,23-26,29-30,33,36,40,42,61,64H,3-4,9-10,15-16,21-22,27-28,31-32,34-35,37-39,41,43-60H2,1-2H3/b7-5-,8-6-,13-11-,14-12-,19-17-,20-18-,25-23-,26-24-,30-29-,36-33-,42-40-. The van der Waals surface area contributed by atoms with Crippen LogP contribution in [0.3, 0.4) is 0 Å². The summed E-state index contributed by atoms with van der Waals surface area (Å²) >= 11 is 0. The topological polar surface area (TPSA) is 72.8 Å². The summed E-state index contributed by atoms with van der Waals surface area (Å²) in [6, 6.07) is 0. The molecule has 0 aliphatic heterocycles. The molecule has 0 radical (unpaired) electrons. The van der Waals surface area contributed by atoms with Crippen LogP contribution in [0.5, 0.6) is 0 Å². The van der Waals surface area contributed by atoms with Crippen molar-refractivity contribution >= 4 is 11.9 Å². The minimum Gasteiger partial charge on any atom is -0.462 e. The summed E-state index contributed by atoms with van der Waals surface area (Å²) in [5.41, 5.74) is 0. The van der Waals surface area contributed by atoms with E-state index in [9.17, 15) is 14.7 Å². The Hall–Kier alpha value is -3.96. The van der Waals surface area contributed by atoms with Crippen molar-refractivity contribution in [2.24, 2.45) is 0 Å². The van der Waals surface area contributed by atoms with E-state index in [1.807, 2.05) is 0 Å². The molecule has 1 N–H and O–H groups in total. The Morgan fingerprint density at radius 2 is 0.588 bits per heavy atom. The molecule has 5 heteroatoms. The molecule has 384 valence electrons. The molecule has 5 nitrogen and oxygen atoms in total. The maximum absolute atomic E-state index is 12.3. The lowest BCUT2D eigenvalue weighted by atomic mass is 10.0. The first-order chi connectivity index (χ1) is 33.6. The number of carbonyl (C=O) groups is 2. The summed E-state index contributed by atoms with van der Waals surface area (Å²) in [5, 5.41) is 9.65. The molecule has 1 unspecified atom stereocenters. The first-order valence-corrected chi connectivity index (χ1v) is 27.7. The predicted molar refractivity (Wildman–Crippen MR) is 297 cm³/mol. The van der Waals surface area contributed by atoms with Gasteiger partial charge in [0, 0.05) is 12.8 Å². The van der Waals surface area contributed by atoms with Gasteiger partial charge in [-0.25, -0.2) is 0 Å². The fraction of sp³-hybridized carbons (Fsp3) is 0.619. The lowest BCUT2D eigenvalue weighted by Gasteiger charge is -2.15. The van der Waals surface area contributed by atoms with Crippen molar-refractivity contribution < 1.29 is 24.2 Å². The fourth-order valence-corrected chi connectivity index (χ4v) is 7.35. The maximum atomic E-state index is 12.3. The van der Waals surface area contributed by atoms with Gasteiger partial charge in [0.1, 0.15) is 6.61 Å². The van der Waals surface area contributed by atoms with Gasteiger partial charge >= 0.3 is 11.9 Å². The number of esters is 2. The zero-order chi connectivity index (χ0) is 49.2. The lowest BCUT2D eigenvalue weighted by molar-refractivity contribution is -0.161. The Morgan fingerprint density at radius 3 is 0.882 bits per heavy atom. The molecule has 0 saturated heterocycles. The van der Waals surface area contributed by atoms with Crippen molar-refractivity contribution in [3.63, 3.8) is 0 Å². The predicted octanol–water partition coefficient (Wildman–Crippen LogP) is 18.9. The number of hydrogen-bond acceptors (Lipinski definition) is 5. The molecular formula is C63H102O5. The summed E-state index contributed by atoms with van der Waals surface area (Å²) in [4.78, 5) is 24.5. The highest BCUT2D eigenvalue weighted by atomic mass is 16.6. The summed E-state index contributed by atoms with van der Waals surface area (Å²) in [6.45, 7) is 3.90. The van der Waals surface area contributed by atoms with Crippen molar-refractivity contribution in [1.29, 1.82) is 0 Å². The molecule has 0 saturated carbocycles. The van der Waals surface area contributed by atoms with Crippen molar-refractivity contribution in [2.45, 2.75) is 238 Å². The van der Waals surface area contributed by atoms with E-state index in [2.05, 4.69) is 148 Å². The smallest absolute Gasteiger partial charge is 0.306 e. The van der Waals surface area contributed by atoms with Crippen LogP contribution in [0, 0.1) is 0 Å². The van der Waals surface area contributed by atoms with E-state index in [1.165, 1.54) is 89.9 Å². The Labute approximate surface area is 419 Å². The van der Waals surface area contributed by atoms with Crippen molar-refractivity contribution in [3.05, 3.63) is 134 Å². The Balaban J connectivity index is 3.57. The van der Waals surface area contributed by atoms with Crippen LogP contribution in [0.15, 0.2) is 134 Å². The van der Waals surface area contributed by atoms with E-state index in [-0.39, 0.29) is 25.2 Å². The van der Waals surface area contributed by atoms with Gasteiger partial charge in [0.05, 0.1) is 6.61 Å². The second-order valence-electron chi connectivity index (χ2n) is 17.9. The monoisotopic (exact) mass is 939 g/mol. The SMILES string of the molecule is CC/C=C\C/C=C\C/C=C\C/C=C\C/C=C\C/C=C\CCCCCCCCC(=O)OC(CO)COC(=O)CCCCCCCCCCCCCCC/C=C\C/C=C\C/C=C\C/C=C\C/C=C\CC. The third-order valence-corrected chi connectivity index (χ3v) is 11.4. The molecule has 0 rings (SSSR count). The van der Waals surface area contributed by atoms with Crippen LogP contribution >= 0.6 is 0 Å². The minimum atomic E-state index is -0.791. The van der Waals surface area contributed by atoms with Gasteiger partial charge in [-0.15, -0.1) is 0 Å². The van der Waals surface area contributed by atoms with E-state index in [1.54, 1.807) is 0 Å². The number of aliphatic hydroxyl groups is 1. The van der Waals surface area contributed by atoms with Gasteiger partial charge in [0.25, 0.3) is 0 Å². The van der Waals surface area contributed by atoms with Gasteiger partial charge in [0.2, 0.25) is 0 Å². The Morgan fingerprint density at radius 1 is 0.338 bits per heavy atom. The molecule has 0 aliphatic rings. The highest BCUT2D eigenvalue weighted by Gasteiger charge is 2.16. The molecule has 1 atom stereocenters. The number of ether oxygens (including phenoxy) is 2. The Bertz CT molecular complexity index is 1430. The van der Waals surface area contributed by atoms with Crippen LogP contribution in [0.2, 0.25) is 0 Å². The van der Waals surface area contributed by atoms with Gasteiger partial charge in [-0.2, -0.15) is 0 Å². The lowest BCUT2D eigenvalue weighted by Crippen LogP contribution is -2.28. The third-order valence-electron chi connectivity index (χ3n) is 11.4. The van der Waals surface area contributed by atoms with Crippen LogP contribution in [0.1, 0.15) is 232 Å². The van der Waals surface area contributed by atoms with Gasteiger partial charge < -0.3 is 14.6 Å². The molecule has 0 aromatic rings. The molecule has 0 spiro atoms. The highest BCUT2D eigenvalue weighted by Crippen LogP contribution is 2.15. The van der Waals surface area contributed by atoms with Crippen LogP contribution in [-0.2, 0) is 19.1 Å². The molecular weight excluding hydrogens is 837 g/mol. The molecule has 0 aromatic heterocycles. The van der Waals surface area contributed by atoms with E-state index >= 15 is 0 Å². The summed E-state index contributed by atoms with van der Waals surface area (Å²) in [7, 11) is 0. The Kier molecular flexibility index (Phi) is 54.0. The second kappa shape index (κ2) is 57.4. The van der Waals surface area contributed by atoms with E-state index in [0.29, 0.717) is 12.8 Å². The average Bonchev–Trinajstić information content (AvgIpc) is 3.34. The molecule has 0 fully saturated rings. The zero-order valence-corrected chi connectivity index (χ0v) is 43.8. The first-order valence-electron chi connectivity index (χ1n) is 27.7. The molecule has 0 aromatic carbocycles. The van der Waals surface area contributed by atoms with E-state index < -0.39 is 6.10 Å². The normalized spacial score (nSPS) is 13.3. The minimum absolute atomic E-state index is 0.0804. The highest BCUT2D eigenvalue weighted by molar-refractivity contribution is 5.70. The number of rotatable bonds is 49. The quantitative estimate of drug-likeness (QED) is 0.0374. The first kappa shape index (κ1) is 64.0.